The number of carbonyl (C=O) groups excluding carboxylic acids is 2. The van der Waals surface area contributed by atoms with Crippen molar-refractivity contribution in [3.63, 3.8) is 0 Å². The molecule has 0 aliphatic rings. The lowest BCUT2D eigenvalue weighted by Crippen LogP contribution is -2.49. The number of hydrogen-bond donors (Lipinski definition) is 1. The Bertz CT molecular complexity index is 833. The van der Waals surface area contributed by atoms with Crippen LogP contribution in [-0.2, 0) is 16.1 Å². The molecule has 0 saturated heterocycles. The number of methoxy groups -OCH3 is 1. The summed E-state index contributed by atoms with van der Waals surface area (Å²) in [6.07, 6.45) is 0. The summed E-state index contributed by atoms with van der Waals surface area (Å²) in [6, 6.07) is 14.4. The topological polar surface area (TPSA) is 67.9 Å². The van der Waals surface area contributed by atoms with Crippen LogP contribution in [0.3, 0.4) is 0 Å². The molecule has 0 fully saturated rings. The number of benzene rings is 2. The Morgan fingerprint density at radius 2 is 1.73 bits per heavy atom. The van der Waals surface area contributed by atoms with E-state index >= 15 is 0 Å². The fraction of sp³-hybridized carbons (Fsp3) is 0.417. The van der Waals surface area contributed by atoms with Gasteiger partial charge in [-0.3, -0.25) is 9.59 Å². The highest BCUT2D eigenvalue weighted by atomic mass is 16.5. The van der Waals surface area contributed by atoms with E-state index < -0.39 is 6.04 Å². The summed E-state index contributed by atoms with van der Waals surface area (Å²) in [6.45, 7) is 8.49. The summed E-state index contributed by atoms with van der Waals surface area (Å²) < 4.78 is 10.9. The van der Waals surface area contributed by atoms with Crippen LogP contribution in [0.1, 0.15) is 31.9 Å². The molecule has 2 aromatic rings. The predicted octanol–water partition coefficient (Wildman–Crippen LogP) is 3.57. The third-order valence-electron chi connectivity index (χ3n) is 4.72. The highest BCUT2D eigenvalue weighted by Gasteiger charge is 2.26. The van der Waals surface area contributed by atoms with E-state index in [1.165, 1.54) is 0 Å². The number of aryl methyl sites for hydroxylation is 1. The first-order valence-corrected chi connectivity index (χ1v) is 10.2. The fourth-order valence-electron chi connectivity index (χ4n) is 2.90. The SMILES string of the molecule is COc1ccc(CN(C(=O)COc2cccc(C)c2)C(C)C(=O)NCC(C)C)cc1. The number of nitrogens with one attached hydrogen (secondary N) is 1. The van der Waals surface area contributed by atoms with Crippen LogP contribution in [0.25, 0.3) is 0 Å². The van der Waals surface area contributed by atoms with E-state index in [1.54, 1.807) is 18.9 Å². The molecule has 1 unspecified atom stereocenters. The molecule has 162 valence electrons. The van der Waals surface area contributed by atoms with Crippen LogP contribution < -0.4 is 14.8 Å². The van der Waals surface area contributed by atoms with Gasteiger partial charge in [0, 0.05) is 13.1 Å². The molecule has 0 aliphatic carbocycles. The van der Waals surface area contributed by atoms with E-state index in [9.17, 15) is 9.59 Å². The van der Waals surface area contributed by atoms with Crippen LogP contribution in [0.5, 0.6) is 11.5 Å². The van der Waals surface area contributed by atoms with Crippen molar-refractivity contribution in [3.05, 3.63) is 59.7 Å². The third kappa shape index (κ3) is 7.10. The van der Waals surface area contributed by atoms with Gasteiger partial charge in [0.2, 0.25) is 5.91 Å². The summed E-state index contributed by atoms with van der Waals surface area (Å²) in [5.74, 6) is 1.27. The number of carbonyl (C=O) groups is 2. The maximum Gasteiger partial charge on any atom is 0.261 e. The first kappa shape index (κ1) is 23.3. The molecule has 0 bridgehead atoms. The van der Waals surface area contributed by atoms with Crippen molar-refractivity contribution in [2.45, 2.75) is 40.3 Å². The van der Waals surface area contributed by atoms with E-state index in [0.717, 1.165) is 16.9 Å². The largest absolute Gasteiger partial charge is 0.497 e. The Balaban J connectivity index is 2.13. The van der Waals surface area contributed by atoms with Crippen molar-refractivity contribution in [2.24, 2.45) is 5.92 Å². The fourth-order valence-corrected chi connectivity index (χ4v) is 2.90. The van der Waals surface area contributed by atoms with Crippen molar-refractivity contribution in [3.8, 4) is 11.5 Å². The number of nitrogens with zero attached hydrogens (tertiary/aromatic N) is 1. The normalized spacial score (nSPS) is 11.7. The van der Waals surface area contributed by atoms with Gasteiger partial charge < -0.3 is 19.7 Å². The van der Waals surface area contributed by atoms with Crippen molar-refractivity contribution in [2.75, 3.05) is 20.3 Å². The Morgan fingerprint density at radius 1 is 1.03 bits per heavy atom. The van der Waals surface area contributed by atoms with Crippen molar-refractivity contribution >= 4 is 11.8 Å². The monoisotopic (exact) mass is 412 g/mol. The van der Waals surface area contributed by atoms with Gasteiger partial charge in [-0.2, -0.15) is 0 Å². The van der Waals surface area contributed by atoms with Gasteiger partial charge in [0.05, 0.1) is 7.11 Å². The number of hydrogen-bond acceptors (Lipinski definition) is 4. The summed E-state index contributed by atoms with van der Waals surface area (Å²) in [5, 5.41) is 2.91. The summed E-state index contributed by atoms with van der Waals surface area (Å²) >= 11 is 0. The average Bonchev–Trinajstić information content (AvgIpc) is 2.74. The first-order valence-electron chi connectivity index (χ1n) is 10.2. The molecule has 1 atom stereocenters. The van der Waals surface area contributed by atoms with Crippen LogP contribution in [0, 0.1) is 12.8 Å². The van der Waals surface area contributed by atoms with E-state index in [-0.39, 0.29) is 18.4 Å². The molecule has 0 radical (unpaired) electrons. The van der Waals surface area contributed by atoms with Crippen molar-refractivity contribution < 1.29 is 19.1 Å². The van der Waals surface area contributed by atoms with Gasteiger partial charge in [0.15, 0.2) is 6.61 Å². The zero-order chi connectivity index (χ0) is 22.1. The van der Waals surface area contributed by atoms with E-state index in [4.69, 9.17) is 9.47 Å². The maximum absolute atomic E-state index is 13.0. The number of amides is 2. The summed E-state index contributed by atoms with van der Waals surface area (Å²) in [5.41, 5.74) is 1.96. The standard InChI is InChI=1S/C24H32N2O4/c1-17(2)14-25-24(28)19(4)26(15-20-9-11-21(29-5)12-10-20)23(27)16-30-22-8-6-7-18(3)13-22/h6-13,17,19H,14-16H2,1-5H3,(H,25,28). The minimum Gasteiger partial charge on any atom is -0.497 e. The van der Waals surface area contributed by atoms with Gasteiger partial charge in [-0.15, -0.1) is 0 Å². The Hall–Kier alpha value is -3.02. The van der Waals surface area contributed by atoms with E-state index in [2.05, 4.69) is 5.32 Å². The number of ether oxygens (including phenoxy) is 2. The number of rotatable bonds is 10. The lowest BCUT2D eigenvalue weighted by Gasteiger charge is -2.29. The molecule has 30 heavy (non-hydrogen) atoms. The molecule has 0 spiro atoms. The summed E-state index contributed by atoms with van der Waals surface area (Å²) in [4.78, 5) is 27.2. The molecule has 0 aliphatic heterocycles. The van der Waals surface area contributed by atoms with Crippen LogP contribution in [0.15, 0.2) is 48.5 Å². The molecule has 2 rings (SSSR count). The Kier molecular flexibility index (Phi) is 8.71. The van der Waals surface area contributed by atoms with Gasteiger partial charge in [-0.1, -0.05) is 38.1 Å². The zero-order valence-corrected chi connectivity index (χ0v) is 18.5. The van der Waals surface area contributed by atoms with Crippen LogP contribution in [0.4, 0.5) is 0 Å². The Morgan fingerprint density at radius 3 is 2.33 bits per heavy atom. The van der Waals surface area contributed by atoms with Crippen molar-refractivity contribution in [1.82, 2.24) is 10.2 Å². The minimum absolute atomic E-state index is 0.137. The lowest BCUT2D eigenvalue weighted by atomic mass is 10.1. The molecule has 1 N–H and O–H groups in total. The molecule has 0 heterocycles. The molecular weight excluding hydrogens is 380 g/mol. The van der Waals surface area contributed by atoms with Crippen molar-refractivity contribution in [1.29, 1.82) is 0 Å². The third-order valence-corrected chi connectivity index (χ3v) is 4.72. The van der Waals surface area contributed by atoms with E-state index in [1.807, 2.05) is 69.3 Å². The Labute approximate surface area is 179 Å². The highest BCUT2D eigenvalue weighted by molar-refractivity contribution is 5.87. The molecule has 0 aromatic heterocycles. The first-order chi connectivity index (χ1) is 14.3. The van der Waals surface area contributed by atoms with Crippen LogP contribution in [0.2, 0.25) is 0 Å². The highest BCUT2D eigenvalue weighted by Crippen LogP contribution is 2.16. The molecule has 6 nitrogen and oxygen atoms in total. The van der Waals surface area contributed by atoms with Gasteiger partial charge in [-0.25, -0.2) is 0 Å². The molecule has 2 amide bonds. The molecule has 6 heteroatoms. The zero-order valence-electron chi connectivity index (χ0n) is 18.5. The molecule has 2 aromatic carbocycles. The lowest BCUT2D eigenvalue weighted by molar-refractivity contribution is -0.142. The smallest absolute Gasteiger partial charge is 0.261 e. The average molecular weight is 413 g/mol. The summed E-state index contributed by atoms with van der Waals surface area (Å²) in [7, 11) is 1.61. The second-order valence-corrected chi connectivity index (χ2v) is 7.79. The van der Waals surface area contributed by atoms with E-state index in [0.29, 0.717) is 24.8 Å². The minimum atomic E-state index is -0.625. The van der Waals surface area contributed by atoms with Gasteiger partial charge >= 0.3 is 0 Å². The molecular formula is C24H32N2O4. The van der Waals surface area contributed by atoms with Crippen LogP contribution >= 0.6 is 0 Å². The van der Waals surface area contributed by atoms with Gasteiger partial charge in [-0.05, 0) is 55.2 Å². The second kappa shape index (κ2) is 11.2. The predicted molar refractivity (Wildman–Crippen MR) is 118 cm³/mol. The quantitative estimate of drug-likeness (QED) is 0.648. The van der Waals surface area contributed by atoms with Gasteiger partial charge in [0.25, 0.3) is 5.91 Å². The van der Waals surface area contributed by atoms with Gasteiger partial charge in [0.1, 0.15) is 17.5 Å². The second-order valence-electron chi connectivity index (χ2n) is 7.79. The maximum atomic E-state index is 13.0. The van der Waals surface area contributed by atoms with Crippen LogP contribution in [-0.4, -0.2) is 43.0 Å². The molecule has 0 saturated carbocycles.